The van der Waals surface area contributed by atoms with Crippen molar-refractivity contribution in [2.45, 2.75) is 58.4 Å². The van der Waals surface area contributed by atoms with Gasteiger partial charge in [-0.25, -0.2) is 0 Å². The minimum absolute atomic E-state index is 0.0137. The summed E-state index contributed by atoms with van der Waals surface area (Å²) in [5.74, 6) is 0. The van der Waals surface area contributed by atoms with E-state index in [0.29, 0.717) is 6.54 Å². The molecule has 0 radical (unpaired) electrons. The van der Waals surface area contributed by atoms with Crippen LogP contribution in [0.1, 0.15) is 51.5 Å². The lowest BCUT2D eigenvalue weighted by Crippen LogP contribution is -2.42. The van der Waals surface area contributed by atoms with Gasteiger partial charge in [-0.05, 0) is 31.9 Å². The van der Waals surface area contributed by atoms with Gasteiger partial charge in [-0.3, -0.25) is 0 Å². The van der Waals surface area contributed by atoms with Gasteiger partial charge in [0.25, 0.3) is 0 Å². The first-order valence-electron chi connectivity index (χ1n) is 7.15. The molecular formula is C16H28N2. The van der Waals surface area contributed by atoms with E-state index >= 15 is 0 Å². The molecule has 0 saturated carbocycles. The fraction of sp³-hybridized carbons (Fsp3) is 0.625. The molecule has 0 fully saturated rings. The minimum Gasteiger partial charge on any atom is -0.378 e. The first-order chi connectivity index (χ1) is 8.61. The van der Waals surface area contributed by atoms with E-state index in [9.17, 15) is 0 Å². The number of unbranched alkanes of at least 4 members (excludes halogenated alkanes) is 3. The van der Waals surface area contributed by atoms with Crippen molar-refractivity contribution in [2.75, 3.05) is 11.9 Å². The van der Waals surface area contributed by atoms with Crippen molar-refractivity contribution in [2.24, 2.45) is 5.73 Å². The quantitative estimate of drug-likeness (QED) is 0.680. The van der Waals surface area contributed by atoms with Gasteiger partial charge in [0.05, 0.1) is 0 Å². The molecule has 18 heavy (non-hydrogen) atoms. The zero-order valence-electron chi connectivity index (χ0n) is 12.1. The topological polar surface area (TPSA) is 38.0 Å². The van der Waals surface area contributed by atoms with Crippen molar-refractivity contribution >= 4 is 5.69 Å². The number of hydrogen-bond acceptors (Lipinski definition) is 2. The molecular weight excluding hydrogens is 220 g/mol. The number of benzene rings is 1. The molecule has 0 aliphatic carbocycles. The van der Waals surface area contributed by atoms with Crippen LogP contribution >= 0.6 is 0 Å². The van der Waals surface area contributed by atoms with Crippen LogP contribution in [-0.4, -0.2) is 12.1 Å². The van der Waals surface area contributed by atoms with Crippen LogP contribution in [0.15, 0.2) is 24.3 Å². The predicted molar refractivity (Wildman–Crippen MR) is 81.0 cm³/mol. The molecule has 0 amide bonds. The fourth-order valence-electron chi connectivity index (χ4n) is 2.20. The Bertz CT molecular complexity index is 349. The molecule has 2 heteroatoms. The SMILES string of the molecule is CCCCCCC(C)(CN)Nc1ccccc1C. The number of aryl methyl sites for hydroxylation is 1. The molecule has 0 aromatic heterocycles. The highest BCUT2D eigenvalue weighted by atomic mass is 15.0. The smallest absolute Gasteiger partial charge is 0.0467 e. The second kappa shape index (κ2) is 7.42. The summed E-state index contributed by atoms with van der Waals surface area (Å²) in [6.07, 6.45) is 6.30. The minimum atomic E-state index is 0.0137. The molecule has 1 rings (SSSR count). The summed E-state index contributed by atoms with van der Waals surface area (Å²) in [7, 11) is 0. The number of nitrogens with two attached hydrogens (primary N) is 1. The molecule has 102 valence electrons. The normalized spacial score (nSPS) is 14.2. The summed E-state index contributed by atoms with van der Waals surface area (Å²) in [5, 5.41) is 3.63. The van der Waals surface area contributed by atoms with Crippen LogP contribution in [0.25, 0.3) is 0 Å². The zero-order chi connectivity index (χ0) is 13.4. The van der Waals surface area contributed by atoms with Gasteiger partial charge in [-0.2, -0.15) is 0 Å². The van der Waals surface area contributed by atoms with Gasteiger partial charge in [0.15, 0.2) is 0 Å². The van der Waals surface area contributed by atoms with Crippen LogP contribution in [0.4, 0.5) is 5.69 Å². The Labute approximate surface area is 112 Å². The Morgan fingerprint density at radius 1 is 1.17 bits per heavy atom. The van der Waals surface area contributed by atoms with Gasteiger partial charge in [0.1, 0.15) is 0 Å². The molecule has 3 N–H and O–H groups in total. The number of rotatable bonds is 8. The van der Waals surface area contributed by atoms with Crippen LogP contribution in [0.3, 0.4) is 0 Å². The summed E-state index contributed by atoms with van der Waals surface area (Å²) in [5.41, 5.74) is 8.46. The van der Waals surface area contributed by atoms with Crippen molar-refractivity contribution < 1.29 is 0 Å². The highest BCUT2D eigenvalue weighted by Gasteiger charge is 2.21. The average molecular weight is 248 g/mol. The van der Waals surface area contributed by atoms with Crippen LogP contribution in [0, 0.1) is 6.92 Å². The number of nitrogens with one attached hydrogen (secondary N) is 1. The lowest BCUT2D eigenvalue weighted by atomic mass is 9.93. The average Bonchev–Trinajstić information content (AvgIpc) is 2.38. The fourth-order valence-corrected chi connectivity index (χ4v) is 2.20. The number of para-hydroxylation sites is 1. The third-order valence-electron chi connectivity index (χ3n) is 3.61. The van der Waals surface area contributed by atoms with Crippen molar-refractivity contribution in [1.82, 2.24) is 0 Å². The predicted octanol–water partition coefficient (Wildman–Crippen LogP) is 4.09. The molecule has 1 aromatic carbocycles. The molecule has 0 heterocycles. The standard InChI is InChI=1S/C16H28N2/c1-4-5-6-9-12-16(3,13-17)18-15-11-8-7-10-14(15)2/h7-8,10-11,18H,4-6,9,12-13,17H2,1-3H3. The summed E-state index contributed by atoms with van der Waals surface area (Å²) in [6, 6.07) is 8.41. The summed E-state index contributed by atoms with van der Waals surface area (Å²) >= 11 is 0. The lowest BCUT2D eigenvalue weighted by molar-refractivity contribution is 0.451. The number of anilines is 1. The third-order valence-corrected chi connectivity index (χ3v) is 3.61. The van der Waals surface area contributed by atoms with E-state index in [2.05, 4.69) is 50.4 Å². The molecule has 0 aliphatic rings. The molecule has 1 unspecified atom stereocenters. The summed E-state index contributed by atoms with van der Waals surface area (Å²) in [6.45, 7) is 7.28. The molecule has 1 aromatic rings. The second-order valence-electron chi connectivity index (χ2n) is 5.52. The monoisotopic (exact) mass is 248 g/mol. The van der Waals surface area contributed by atoms with Crippen molar-refractivity contribution in [3.05, 3.63) is 29.8 Å². The largest absolute Gasteiger partial charge is 0.378 e. The zero-order valence-corrected chi connectivity index (χ0v) is 12.1. The van der Waals surface area contributed by atoms with Gasteiger partial charge in [-0.15, -0.1) is 0 Å². The van der Waals surface area contributed by atoms with E-state index in [1.165, 1.54) is 36.9 Å². The van der Waals surface area contributed by atoms with Gasteiger partial charge < -0.3 is 11.1 Å². The molecule has 0 spiro atoms. The maximum atomic E-state index is 5.96. The Morgan fingerprint density at radius 2 is 1.89 bits per heavy atom. The molecule has 0 aliphatic heterocycles. The van der Waals surface area contributed by atoms with Gasteiger partial charge in [0, 0.05) is 17.8 Å². The molecule has 1 atom stereocenters. The van der Waals surface area contributed by atoms with Crippen LogP contribution in [-0.2, 0) is 0 Å². The highest BCUT2D eigenvalue weighted by Crippen LogP contribution is 2.23. The number of hydrogen-bond donors (Lipinski definition) is 2. The third kappa shape index (κ3) is 4.69. The van der Waals surface area contributed by atoms with E-state index in [-0.39, 0.29) is 5.54 Å². The maximum absolute atomic E-state index is 5.96. The van der Waals surface area contributed by atoms with E-state index in [1.54, 1.807) is 0 Å². The summed E-state index contributed by atoms with van der Waals surface area (Å²) < 4.78 is 0. The van der Waals surface area contributed by atoms with E-state index < -0.39 is 0 Å². The Balaban J connectivity index is 2.56. The second-order valence-corrected chi connectivity index (χ2v) is 5.52. The first kappa shape index (κ1) is 15.0. The van der Waals surface area contributed by atoms with Crippen molar-refractivity contribution in [3.63, 3.8) is 0 Å². The van der Waals surface area contributed by atoms with Gasteiger partial charge in [-0.1, -0.05) is 50.8 Å². The van der Waals surface area contributed by atoms with E-state index in [0.717, 1.165) is 6.42 Å². The Morgan fingerprint density at radius 3 is 2.50 bits per heavy atom. The lowest BCUT2D eigenvalue weighted by Gasteiger charge is -2.31. The van der Waals surface area contributed by atoms with Crippen molar-refractivity contribution in [3.8, 4) is 0 Å². The van der Waals surface area contributed by atoms with Crippen LogP contribution < -0.4 is 11.1 Å². The van der Waals surface area contributed by atoms with Crippen molar-refractivity contribution in [1.29, 1.82) is 0 Å². The molecule has 0 saturated heterocycles. The Hall–Kier alpha value is -1.02. The molecule has 2 nitrogen and oxygen atoms in total. The first-order valence-corrected chi connectivity index (χ1v) is 7.15. The summed E-state index contributed by atoms with van der Waals surface area (Å²) in [4.78, 5) is 0. The highest BCUT2D eigenvalue weighted by molar-refractivity contribution is 5.52. The maximum Gasteiger partial charge on any atom is 0.0467 e. The Kier molecular flexibility index (Phi) is 6.20. The van der Waals surface area contributed by atoms with Gasteiger partial charge >= 0.3 is 0 Å². The van der Waals surface area contributed by atoms with E-state index in [1.807, 2.05) is 0 Å². The van der Waals surface area contributed by atoms with E-state index in [4.69, 9.17) is 5.73 Å². The molecule has 0 bridgehead atoms. The van der Waals surface area contributed by atoms with Crippen LogP contribution in [0.2, 0.25) is 0 Å². The van der Waals surface area contributed by atoms with Crippen LogP contribution in [0.5, 0.6) is 0 Å². The van der Waals surface area contributed by atoms with Gasteiger partial charge in [0.2, 0.25) is 0 Å².